The van der Waals surface area contributed by atoms with E-state index in [-0.39, 0.29) is 6.61 Å². The topological polar surface area (TPSA) is 94.2 Å². The van der Waals surface area contributed by atoms with Crippen molar-refractivity contribution >= 4 is 12.2 Å². The first-order chi connectivity index (χ1) is 16.6. The van der Waals surface area contributed by atoms with Gasteiger partial charge in [-0.3, -0.25) is 4.79 Å². The number of aromatic nitrogens is 1. The van der Waals surface area contributed by atoms with Crippen LogP contribution in [0.4, 0.5) is 0 Å². The Morgan fingerprint density at radius 1 is 1.00 bits per heavy atom. The zero-order valence-electron chi connectivity index (χ0n) is 18.6. The Bertz CT molecular complexity index is 1240. The summed E-state index contributed by atoms with van der Waals surface area (Å²) in [7, 11) is 0. The minimum Gasteiger partial charge on any atom is -0.487 e. The third-order valence-electron chi connectivity index (χ3n) is 5.15. The zero-order chi connectivity index (χ0) is 23.8. The molecule has 0 amide bonds. The number of ether oxygens (including phenoxy) is 1. The second-order valence-corrected chi connectivity index (χ2v) is 7.58. The predicted molar refractivity (Wildman–Crippen MR) is 128 cm³/mol. The van der Waals surface area contributed by atoms with Crippen LogP contribution in [0.2, 0.25) is 0 Å². The first kappa shape index (κ1) is 22.8. The molecule has 0 spiro atoms. The Hall–Kier alpha value is -4.39. The van der Waals surface area contributed by atoms with E-state index in [0.717, 1.165) is 22.6 Å². The summed E-state index contributed by atoms with van der Waals surface area (Å²) < 4.78 is 11.6. The summed E-state index contributed by atoms with van der Waals surface area (Å²) in [5.74, 6) is 0.127. The van der Waals surface area contributed by atoms with E-state index in [4.69, 9.17) is 14.0 Å². The Balaban J connectivity index is 1.29. The highest BCUT2D eigenvalue weighted by Gasteiger charge is 2.17. The van der Waals surface area contributed by atoms with Crippen molar-refractivity contribution in [3.05, 3.63) is 108 Å². The molecule has 0 bridgehead atoms. The number of hydrogen-bond acceptors (Lipinski definition) is 6. The fraction of sp³-hybridized carbons (Fsp3) is 0.148. The number of carboxylic acid groups (broad SMARTS) is 1. The Morgan fingerprint density at radius 2 is 1.68 bits per heavy atom. The molecule has 4 aromatic rings. The van der Waals surface area contributed by atoms with Gasteiger partial charge in [0.05, 0.1) is 6.21 Å². The molecule has 0 saturated heterocycles. The van der Waals surface area contributed by atoms with Crippen molar-refractivity contribution in [3.63, 3.8) is 0 Å². The zero-order valence-corrected chi connectivity index (χ0v) is 18.6. The van der Waals surface area contributed by atoms with Gasteiger partial charge in [-0.05, 0) is 42.3 Å². The van der Waals surface area contributed by atoms with Crippen LogP contribution in [0.25, 0.3) is 11.5 Å². The van der Waals surface area contributed by atoms with Gasteiger partial charge in [-0.15, -0.1) is 0 Å². The van der Waals surface area contributed by atoms with Gasteiger partial charge in [0, 0.05) is 5.56 Å². The Kier molecular flexibility index (Phi) is 7.35. The molecule has 1 aromatic heterocycles. The van der Waals surface area contributed by atoms with Gasteiger partial charge in [-0.2, -0.15) is 0 Å². The van der Waals surface area contributed by atoms with Crippen LogP contribution in [0.3, 0.4) is 0 Å². The highest BCUT2D eigenvalue weighted by molar-refractivity contribution is 5.94. The molecule has 172 valence electrons. The van der Waals surface area contributed by atoms with Gasteiger partial charge < -0.3 is 19.1 Å². The van der Waals surface area contributed by atoms with Crippen molar-refractivity contribution in [1.29, 1.82) is 0 Å². The fourth-order valence-electron chi connectivity index (χ4n) is 3.27. The number of benzene rings is 3. The standard InChI is InChI=1S/C27H24N2O5/c1-19-25(29-26(34-19)22-10-6-3-7-11-22)18-32-23-14-12-20(13-15-23)17-33-28-16-24(27(30)31)21-8-4-2-5-9-21/h2-16,24H,17-18H2,1H3,(H,30,31). The van der Waals surface area contributed by atoms with Crippen molar-refractivity contribution in [2.24, 2.45) is 5.16 Å². The lowest BCUT2D eigenvalue weighted by atomic mass is 10.0. The second kappa shape index (κ2) is 11.0. The smallest absolute Gasteiger partial charge is 0.316 e. The van der Waals surface area contributed by atoms with Crippen molar-refractivity contribution in [1.82, 2.24) is 4.98 Å². The lowest BCUT2D eigenvalue weighted by Crippen LogP contribution is -2.13. The number of nitrogens with zero attached hydrogens (tertiary/aromatic N) is 2. The van der Waals surface area contributed by atoms with Gasteiger partial charge in [0.25, 0.3) is 0 Å². The van der Waals surface area contributed by atoms with Gasteiger partial charge in [-0.25, -0.2) is 4.98 Å². The molecule has 7 nitrogen and oxygen atoms in total. The summed E-state index contributed by atoms with van der Waals surface area (Å²) in [4.78, 5) is 21.3. The van der Waals surface area contributed by atoms with Crippen LogP contribution >= 0.6 is 0 Å². The molecular formula is C27H24N2O5. The van der Waals surface area contributed by atoms with Crippen LogP contribution in [-0.2, 0) is 22.8 Å². The van der Waals surface area contributed by atoms with Crippen molar-refractivity contribution in [3.8, 4) is 17.2 Å². The molecule has 1 heterocycles. The van der Waals surface area contributed by atoms with E-state index < -0.39 is 11.9 Å². The van der Waals surface area contributed by atoms with Gasteiger partial charge in [-0.1, -0.05) is 65.8 Å². The quantitative estimate of drug-likeness (QED) is 0.247. The average Bonchev–Trinajstić information content (AvgIpc) is 3.24. The maximum Gasteiger partial charge on any atom is 0.316 e. The van der Waals surface area contributed by atoms with Gasteiger partial charge in [0.1, 0.15) is 36.3 Å². The van der Waals surface area contributed by atoms with E-state index in [1.807, 2.05) is 67.6 Å². The number of aryl methyl sites for hydroxylation is 1. The molecule has 0 radical (unpaired) electrons. The monoisotopic (exact) mass is 456 g/mol. The molecule has 4 rings (SSSR count). The molecule has 0 aliphatic heterocycles. The van der Waals surface area contributed by atoms with Gasteiger partial charge >= 0.3 is 5.97 Å². The largest absolute Gasteiger partial charge is 0.487 e. The SMILES string of the molecule is Cc1oc(-c2ccccc2)nc1COc1ccc(CON=CC(C(=O)O)c2ccccc2)cc1. The maximum atomic E-state index is 11.5. The maximum absolute atomic E-state index is 11.5. The first-order valence-corrected chi connectivity index (χ1v) is 10.8. The Morgan fingerprint density at radius 3 is 2.35 bits per heavy atom. The minimum absolute atomic E-state index is 0.209. The summed E-state index contributed by atoms with van der Waals surface area (Å²) in [6.45, 7) is 2.37. The van der Waals surface area contributed by atoms with Crippen LogP contribution in [0.15, 0.2) is 94.5 Å². The van der Waals surface area contributed by atoms with E-state index in [1.165, 1.54) is 6.21 Å². The van der Waals surface area contributed by atoms with E-state index in [2.05, 4.69) is 10.1 Å². The number of aliphatic carboxylic acids is 1. The molecule has 34 heavy (non-hydrogen) atoms. The molecule has 7 heteroatoms. The molecule has 1 atom stereocenters. The third kappa shape index (κ3) is 5.89. The molecule has 3 aromatic carbocycles. The van der Waals surface area contributed by atoms with E-state index in [9.17, 15) is 9.90 Å². The third-order valence-corrected chi connectivity index (χ3v) is 5.15. The molecule has 0 aliphatic rings. The van der Waals surface area contributed by atoms with Crippen molar-refractivity contribution < 1.29 is 23.9 Å². The number of oxazole rings is 1. The summed E-state index contributed by atoms with van der Waals surface area (Å²) in [6.07, 6.45) is 1.29. The van der Waals surface area contributed by atoms with Crippen LogP contribution in [0.1, 0.15) is 28.5 Å². The van der Waals surface area contributed by atoms with Crippen LogP contribution in [0.5, 0.6) is 5.75 Å². The van der Waals surface area contributed by atoms with Crippen molar-refractivity contribution in [2.45, 2.75) is 26.1 Å². The van der Waals surface area contributed by atoms with Crippen molar-refractivity contribution in [2.75, 3.05) is 0 Å². The number of rotatable bonds is 10. The first-order valence-electron chi connectivity index (χ1n) is 10.8. The lowest BCUT2D eigenvalue weighted by Gasteiger charge is -2.07. The molecular weight excluding hydrogens is 432 g/mol. The number of oxime groups is 1. The highest BCUT2D eigenvalue weighted by atomic mass is 16.6. The summed E-state index contributed by atoms with van der Waals surface area (Å²) >= 11 is 0. The normalized spacial score (nSPS) is 11.9. The Labute approximate surface area is 197 Å². The number of hydrogen-bond donors (Lipinski definition) is 1. The van der Waals surface area contributed by atoms with E-state index >= 15 is 0 Å². The predicted octanol–water partition coefficient (Wildman–Crippen LogP) is 5.60. The summed E-state index contributed by atoms with van der Waals surface area (Å²) in [6, 6.07) is 26.0. The fourth-order valence-corrected chi connectivity index (χ4v) is 3.27. The van der Waals surface area contributed by atoms with Gasteiger partial charge in [0.2, 0.25) is 5.89 Å². The van der Waals surface area contributed by atoms with Gasteiger partial charge in [0.15, 0.2) is 0 Å². The molecule has 1 N–H and O–H groups in total. The average molecular weight is 456 g/mol. The highest BCUT2D eigenvalue weighted by Crippen LogP contribution is 2.23. The number of carboxylic acids is 1. The molecule has 1 unspecified atom stereocenters. The second-order valence-electron chi connectivity index (χ2n) is 7.58. The van der Waals surface area contributed by atoms with Crippen LogP contribution in [-0.4, -0.2) is 22.3 Å². The summed E-state index contributed by atoms with van der Waals surface area (Å²) in [5.41, 5.74) is 3.18. The minimum atomic E-state index is -0.988. The summed E-state index contributed by atoms with van der Waals surface area (Å²) in [5, 5.41) is 13.3. The lowest BCUT2D eigenvalue weighted by molar-refractivity contribution is -0.137. The van der Waals surface area contributed by atoms with E-state index in [0.29, 0.717) is 23.8 Å². The molecule has 0 saturated carbocycles. The molecule has 0 fully saturated rings. The number of carbonyl (C=O) groups is 1. The van der Waals surface area contributed by atoms with Crippen LogP contribution in [0, 0.1) is 6.92 Å². The van der Waals surface area contributed by atoms with E-state index in [1.54, 1.807) is 24.3 Å². The van der Waals surface area contributed by atoms with Crippen LogP contribution < -0.4 is 4.74 Å². The molecule has 0 aliphatic carbocycles.